The summed E-state index contributed by atoms with van der Waals surface area (Å²) in [4.78, 5) is 39.9. The van der Waals surface area contributed by atoms with Gasteiger partial charge in [-0.1, -0.05) is 43.1 Å². The average Bonchev–Trinajstić information content (AvgIpc) is 3.35. The smallest absolute Gasteiger partial charge is 0.435 e. The number of aliphatic carboxylic acids is 1. The van der Waals surface area contributed by atoms with Gasteiger partial charge in [0.15, 0.2) is 11.5 Å². The Balaban J connectivity index is 1.31. The van der Waals surface area contributed by atoms with Gasteiger partial charge in [0.05, 0.1) is 39.7 Å². The highest BCUT2D eigenvalue weighted by Crippen LogP contribution is 2.67. The van der Waals surface area contributed by atoms with Crippen LogP contribution < -0.4 is 0 Å². The number of halogens is 5. The fourth-order valence-electron chi connectivity index (χ4n) is 7.59. The summed E-state index contributed by atoms with van der Waals surface area (Å²) in [6, 6.07) is 3.72. The number of nitrogens with zero attached hydrogens (tertiary/aromatic N) is 3. The first-order chi connectivity index (χ1) is 18.7. The fourth-order valence-corrected chi connectivity index (χ4v) is 8.20. The quantitative estimate of drug-likeness (QED) is 0.381. The number of hydrogen-bond acceptors (Lipinski definition) is 4. The predicted molar refractivity (Wildman–Crippen MR) is 139 cm³/mol. The second-order valence-electron chi connectivity index (χ2n) is 12.3. The summed E-state index contributed by atoms with van der Waals surface area (Å²) < 4.78 is 43.7. The number of rotatable bonds is 7. The molecule has 0 aliphatic heterocycles. The largest absolute Gasteiger partial charge is 0.481 e. The van der Waals surface area contributed by atoms with Crippen LogP contribution in [0.4, 0.5) is 13.2 Å². The Morgan fingerprint density at radius 1 is 1.07 bits per heavy atom. The predicted octanol–water partition coefficient (Wildman–Crippen LogP) is 6.25. The summed E-state index contributed by atoms with van der Waals surface area (Å²) in [5.41, 5.74) is -1.79. The molecule has 1 N–H and O–H groups in total. The number of carbonyl (C=O) groups is 3. The van der Waals surface area contributed by atoms with E-state index in [2.05, 4.69) is 18.9 Å². The number of ketones is 1. The number of carboxylic acid groups (broad SMARTS) is 1. The minimum Gasteiger partial charge on any atom is -0.481 e. The third-order valence-electron chi connectivity index (χ3n) is 9.91. The van der Waals surface area contributed by atoms with Gasteiger partial charge >= 0.3 is 12.1 Å². The molecule has 7 atom stereocenters. The molecule has 40 heavy (non-hydrogen) atoms. The van der Waals surface area contributed by atoms with Crippen LogP contribution in [0.5, 0.6) is 0 Å². The lowest BCUT2D eigenvalue weighted by atomic mass is 9.96. The Bertz CT molecular complexity index is 1380. The third-order valence-corrected chi connectivity index (χ3v) is 10.5. The van der Waals surface area contributed by atoms with Gasteiger partial charge in [-0.2, -0.15) is 18.3 Å². The lowest BCUT2D eigenvalue weighted by molar-refractivity contribution is -0.142. The van der Waals surface area contributed by atoms with Crippen molar-refractivity contribution >= 4 is 40.9 Å². The summed E-state index contributed by atoms with van der Waals surface area (Å²) in [6.07, 6.45) is -1.82. The molecule has 0 bridgehead atoms. The summed E-state index contributed by atoms with van der Waals surface area (Å²) in [6.45, 7) is 3.79. The van der Waals surface area contributed by atoms with Crippen LogP contribution in [-0.4, -0.2) is 50.0 Å². The topological polar surface area (TPSA) is 92.5 Å². The molecule has 7 nitrogen and oxygen atoms in total. The minimum atomic E-state index is -4.90. The molecule has 4 aliphatic carbocycles. The van der Waals surface area contributed by atoms with Crippen LogP contribution in [0.25, 0.3) is 0 Å². The van der Waals surface area contributed by atoms with E-state index >= 15 is 0 Å². The lowest BCUT2D eigenvalue weighted by Gasteiger charge is -2.31. The summed E-state index contributed by atoms with van der Waals surface area (Å²) in [5.74, 6) is -2.37. The van der Waals surface area contributed by atoms with Crippen molar-refractivity contribution in [1.82, 2.24) is 14.7 Å². The number of fused-ring (bicyclic) bond motifs is 2. The van der Waals surface area contributed by atoms with Gasteiger partial charge in [0.25, 0.3) is 5.91 Å². The second-order valence-corrected chi connectivity index (χ2v) is 13.1. The van der Waals surface area contributed by atoms with E-state index in [1.807, 2.05) is 0 Å². The number of aromatic nitrogens is 2. The maximum absolute atomic E-state index is 14.2. The molecule has 214 valence electrons. The van der Waals surface area contributed by atoms with E-state index in [0.717, 1.165) is 6.20 Å². The van der Waals surface area contributed by atoms with E-state index < -0.39 is 59.6 Å². The molecule has 12 heteroatoms. The zero-order valence-corrected chi connectivity index (χ0v) is 23.3. The Morgan fingerprint density at radius 3 is 2.17 bits per heavy atom. The standard InChI is InChI=1S/C28H28Cl2F3N3O4/c1-27(2)17-8-12(9-18(17)27)35(11-21(37)23-19(29)4-3-5-20(23)30)25(38)16-10-36(34-24(16)28(31,32)33)13-6-14-15(7-13)22(14)26(39)40/h3-5,10,12-15,17-18,22H,6-9,11H2,1-2H3,(H,39,40)/t12-,13-,14+,15-,17+,18-,22-. The molecular formula is C28H28Cl2F3N3O4. The number of Topliss-reactive ketones (excluding diaryl/α,β-unsaturated/α-hetero) is 1. The first-order valence-electron chi connectivity index (χ1n) is 13.4. The number of benzene rings is 1. The van der Waals surface area contributed by atoms with Gasteiger partial charge in [-0.05, 0) is 66.9 Å². The molecule has 1 aromatic carbocycles. The van der Waals surface area contributed by atoms with E-state index in [0.29, 0.717) is 37.5 Å². The van der Waals surface area contributed by atoms with Gasteiger partial charge in [0.2, 0.25) is 0 Å². The number of hydrogen-bond donors (Lipinski definition) is 1. The van der Waals surface area contributed by atoms with Gasteiger partial charge in [-0.15, -0.1) is 0 Å². The highest BCUT2D eigenvalue weighted by atomic mass is 35.5. The first-order valence-corrected chi connectivity index (χ1v) is 14.1. The zero-order chi connectivity index (χ0) is 28.9. The summed E-state index contributed by atoms with van der Waals surface area (Å²) in [5, 5.41) is 13.3. The molecule has 0 unspecified atom stereocenters. The Labute approximate surface area is 238 Å². The van der Waals surface area contributed by atoms with Crippen LogP contribution in [0.15, 0.2) is 24.4 Å². The van der Waals surface area contributed by atoms with Crippen LogP contribution >= 0.6 is 23.2 Å². The van der Waals surface area contributed by atoms with Crippen LogP contribution in [-0.2, 0) is 11.0 Å². The van der Waals surface area contributed by atoms with Crippen LogP contribution in [0.3, 0.4) is 0 Å². The van der Waals surface area contributed by atoms with Crippen molar-refractivity contribution in [3.63, 3.8) is 0 Å². The molecule has 4 saturated carbocycles. The molecule has 6 rings (SSSR count). The van der Waals surface area contributed by atoms with Gasteiger partial charge in [-0.25, -0.2) is 0 Å². The molecular weight excluding hydrogens is 570 g/mol. The van der Waals surface area contributed by atoms with Crippen LogP contribution in [0, 0.1) is 35.0 Å². The van der Waals surface area contributed by atoms with Gasteiger partial charge in [-0.3, -0.25) is 19.1 Å². The zero-order valence-electron chi connectivity index (χ0n) is 21.8. The average molecular weight is 598 g/mol. The Morgan fingerprint density at radius 2 is 1.65 bits per heavy atom. The number of alkyl halides is 3. The molecule has 2 aromatic rings. The molecule has 0 saturated heterocycles. The highest BCUT2D eigenvalue weighted by Gasteiger charge is 2.63. The van der Waals surface area contributed by atoms with Crippen molar-refractivity contribution in [2.45, 2.75) is 57.8 Å². The van der Waals surface area contributed by atoms with E-state index in [9.17, 15) is 32.7 Å². The lowest BCUT2D eigenvalue weighted by Crippen LogP contribution is -2.44. The van der Waals surface area contributed by atoms with E-state index in [1.54, 1.807) is 6.07 Å². The molecule has 1 amide bonds. The van der Waals surface area contributed by atoms with Crippen molar-refractivity contribution in [3.05, 3.63) is 51.3 Å². The van der Waals surface area contributed by atoms with Gasteiger partial charge in [0, 0.05) is 12.2 Å². The third kappa shape index (κ3) is 4.42. The molecule has 1 aromatic heterocycles. The summed E-state index contributed by atoms with van der Waals surface area (Å²) >= 11 is 12.5. The second kappa shape index (κ2) is 9.21. The van der Waals surface area contributed by atoms with Crippen molar-refractivity contribution in [2.24, 2.45) is 35.0 Å². The number of amides is 1. The normalized spacial score (nSPS) is 31.4. The maximum atomic E-state index is 14.2. The van der Waals surface area contributed by atoms with Crippen molar-refractivity contribution in [3.8, 4) is 0 Å². The van der Waals surface area contributed by atoms with Crippen molar-refractivity contribution in [1.29, 1.82) is 0 Å². The van der Waals surface area contributed by atoms with E-state index in [4.69, 9.17) is 23.2 Å². The fraction of sp³-hybridized carbons (Fsp3) is 0.571. The van der Waals surface area contributed by atoms with Crippen molar-refractivity contribution in [2.75, 3.05) is 6.54 Å². The molecule has 0 radical (unpaired) electrons. The first kappa shape index (κ1) is 27.6. The molecule has 1 heterocycles. The van der Waals surface area contributed by atoms with Gasteiger partial charge < -0.3 is 10.0 Å². The Hall–Kier alpha value is -2.59. The molecule has 4 fully saturated rings. The van der Waals surface area contributed by atoms with E-state index in [1.165, 1.54) is 21.7 Å². The monoisotopic (exact) mass is 597 g/mol. The summed E-state index contributed by atoms with van der Waals surface area (Å²) in [7, 11) is 0. The highest BCUT2D eigenvalue weighted by molar-refractivity contribution is 6.40. The van der Waals surface area contributed by atoms with E-state index in [-0.39, 0.29) is 32.9 Å². The minimum absolute atomic E-state index is 0.0250. The van der Waals surface area contributed by atoms with Gasteiger partial charge in [0.1, 0.15) is 0 Å². The van der Waals surface area contributed by atoms with Crippen LogP contribution in [0.1, 0.15) is 72.0 Å². The maximum Gasteiger partial charge on any atom is 0.435 e. The Kier molecular flexibility index (Phi) is 6.35. The molecule has 0 spiro atoms. The van der Waals surface area contributed by atoms with Crippen LogP contribution in [0.2, 0.25) is 10.0 Å². The number of carboxylic acids is 1. The molecule has 4 aliphatic rings. The number of carbonyl (C=O) groups excluding carboxylic acids is 2. The SMILES string of the molecule is CC1(C)[C@@H]2C[C@H](N(CC(=O)c3c(Cl)cccc3Cl)C(=O)c3cn([C@H]4C[C@@H]5[C@H](C4)[C@H]5C(=O)O)nc3C(F)(F)F)C[C@@H]21. The van der Waals surface area contributed by atoms with Crippen molar-refractivity contribution < 1.29 is 32.7 Å².